The number of rotatable bonds is 3. The zero-order valence-corrected chi connectivity index (χ0v) is 5.76. The van der Waals surface area contributed by atoms with Crippen LogP contribution in [0.25, 0.3) is 0 Å². The van der Waals surface area contributed by atoms with Crippen LogP contribution in [0.1, 0.15) is 0 Å². The Morgan fingerprint density at radius 1 is 1.67 bits per heavy atom. The molecule has 2 radical (unpaired) electrons. The van der Waals surface area contributed by atoms with Gasteiger partial charge in [-0.2, -0.15) is 0 Å². The monoisotopic (exact) mass is 129 g/mol. The minimum absolute atomic E-state index is 0.0690. The van der Waals surface area contributed by atoms with Gasteiger partial charge < -0.3 is 9.64 Å². The molecular formula is C6H11NO2. The third kappa shape index (κ3) is 3.97. The van der Waals surface area contributed by atoms with Crippen molar-refractivity contribution >= 4 is 5.91 Å². The predicted molar refractivity (Wildman–Crippen MR) is 33.8 cm³/mol. The molecular weight excluding hydrogens is 118 g/mol. The van der Waals surface area contributed by atoms with Gasteiger partial charge in [-0.1, -0.05) is 0 Å². The van der Waals surface area contributed by atoms with E-state index in [9.17, 15) is 4.79 Å². The summed E-state index contributed by atoms with van der Waals surface area (Å²) in [5.74, 6) is -0.0690. The molecule has 0 aromatic carbocycles. The molecule has 3 nitrogen and oxygen atoms in total. The fraction of sp³-hybridized carbons (Fsp3) is 0.667. The van der Waals surface area contributed by atoms with E-state index in [0.717, 1.165) is 0 Å². The number of nitrogens with zero attached hydrogens (tertiary/aromatic N) is 1. The topological polar surface area (TPSA) is 29.5 Å². The van der Waals surface area contributed by atoms with E-state index in [2.05, 4.69) is 4.74 Å². The largest absolute Gasteiger partial charge is 0.371 e. The molecule has 9 heavy (non-hydrogen) atoms. The first kappa shape index (κ1) is 8.43. The fourth-order valence-electron chi connectivity index (χ4n) is 0.275. The van der Waals surface area contributed by atoms with E-state index < -0.39 is 0 Å². The van der Waals surface area contributed by atoms with Gasteiger partial charge in [-0.25, -0.2) is 0 Å². The van der Waals surface area contributed by atoms with Crippen LogP contribution >= 0.6 is 0 Å². The maximum Gasteiger partial charge on any atom is 0.248 e. The van der Waals surface area contributed by atoms with Gasteiger partial charge in [0.05, 0.1) is 6.61 Å². The van der Waals surface area contributed by atoms with Crippen LogP contribution in [0.5, 0.6) is 0 Å². The lowest BCUT2D eigenvalue weighted by atomic mass is 10.6. The highest BCUT2D eigenvalue weighted by Gasteiger charge is 2.00. The maximum atomic E-state index is 10.6. The average Bonchev–Trinajstić information content (AvgIpc) is 1.82. The smallest absolute Gasteiger partial charge is 0.248 e. The summed E-state index contributed by atoms with van der Waals surface area (Å²) < 4.78 is 4.64. The van der Waals surface area contributed by atoms with Crippen molar-refractivity contribution in [1.29, 1.82) is 0 Å². The Hall–Kier alpha value is -0.570. The summed E-state index contributed by atoms with van der Waals surface area (Å²) in [4.78, 5) is 12.1. The van der Waals surface area contributed by atoms with Crippen LogP contribution < -0.4 is 0 Å². The second kappa shape index (κ2) is 4.32. The molecule has 0 rings (SSSR count). The molecule has 0 aliphatic rings. The summed E-state index contributed by atoms with van der Waals surface area (Å²) in [6.07, 6.45) is 0. The highest BCUT2D eigenvalue weighted by atomic mass is 16.5. The van der Waals surface area contributed by atoms with Crippen LogP contribution in [0.3, 0.4) is 0 Å². The Kier molecular flexibility index (Phi) is 4.05. The van der Waals surface area contributed by atoms with Crippen LogP contribution in [-0.2, 0) is 9.53 Å². The molecule has 1 amide bonds. The van der Waals surface area contributed by atoms with E-state index in [1.807, 2.05) is 0 Å². The van der Waals surface area contributed by atoms with Gasteiger partial charge in [0.15, 0.2) is 0 Å². The Morgan fingerprint density at radius 2 is 2.22 bits per heavy atom. The van der Waals surface area contributed by atoms with E-state index in [-0.39, 0.29) is 19.1 Å². The Morgan fingerprint density at radius 3 is 2.56 bits per heavy atom. The molecule has 0 aliphatic heterocycles. The molecule has 0 bridgehead atoms. The summed E-state index contributed by atoms with van der Waals surface area (Å²) in [5, 5.41) is 0. The second-order valence-corrected chi connectivity index (χ2v) is 1.80. The minimum atomic E-state index is -0.0690. The lowest BCUT2D eigenvalue weighted by Crippen LogP contribution is -2.26. The second-order valence-electron chi connectivity index (χ2n) is 1.80. The van der Waals surface area contributed by atoms with Crippen molar-refractivity contribution < 1.29 is 9.53 Å². The molecule has 0 aromatic heterocycles. The zero-order chi connectivity index (χ0) is 7.28. The van der Waals surface area contributed by atoms with Gasteiger partial charge in [-0.15, -0.1) is 0 Å². The maximum absolute atomic E-state index is 10.6. The van der Waals surface area contributed by atoms with Crippen LogP contribution in [0.2, 0.25) is 0 Å². The predicted octanol–water partition coefficient (Wildman–Crippen LogP) is -0.198. The first-order valence-corrected chi connectivity index (χ1v) is 2.66. The number of hydrogen-bond acceptors (Lipinski definition) is 2. The van der Waals surface area contributed by atoms with E-state index in [0.29, 0.717) is 0 Å². The zero-order valence-electron chi connectivity index (χ0n) is 5.76. The third-order valence-electron chi connectivity index (χ3n) is 0.842. The quantitative estimate of drug-likeness (QED) is 0.528. The van der Waals surface area contributed by atoms with E-state index in [4.69, 9.17) is 6.92 Å². The molecule has 0 atom stereocenters. The van der Waals surface area contributed by atoms with Crippen molar-refractivity contribution in [1.82, 2.24) is 4.90 Å². The SMILES string of the molecule is [CH]COCC(=O)N(C)C. The van der Waals surface area contributed by atoms with Crippen molar-refractivity contribution in [2.75, 3.05) is 27.3 Å². The molecule has 0 unspecified atom stereocenters. The van der Waals surface area contributed by atoms with Crippen LogP contribution in [0.15, 0.2) is 0 Å². The number of amides is 1. The molecule has 0 heterocycles. The van der Waals surface area contributed by atoms with Gasteiger partial charge in [0.1, 0.15) is 6.61 Å². The van der Waals surface area contributed by atoms with E-state index in [1.165, 1.54) is 4.90 Å². The molecule has 0 saturated carbocycles. The third-order valence-corrected chi connectivity index (χ3v) is 0.842. The van der Waals surface area contributed by atoms with Crippen LogP contribution in [0, 0.1) is 6.92 Å². The molecule has 0 fully saturated rings. The van der Waals surface area contributed by atoms with E-state index in [1.54, 1.807) is 14.1 Å². The van der Waals surface area contributed by atoms with Gasteiger partial charge >= 0.3 is 0 Å². The summed E-state index contributed by atoms with van der Waals surface area (Å²) in [7, 11) is 3.34. The number of ether oxygens (including phenoxy) is 1. The highest BCUT2D eigenvalue weighted by Crippen LogP contribution is 1.79. The van der Waals surface area contributed by atoms with E-state index >= 15 is 0 Å². The van der Waals surface area contributed by atoms with Gasteiger partial charge in [-0.05, 0) is 6.92 Å². The van der Waals surface area contributed by atoms with Gasteiger partial charge in [0, 0.05) is 14.1 Å². The summed E-state index contributed by atoms with van der Waals surface area (Å²) in [6.45, 7) is 5.15. The standard InChI is InChI=1S/C6H11NO2/c1-4-9-5-6(8)7(2)3/h1H,4-5H2,2-3H3. The molecule has 0 spiro atoms. The number of carbonyl (C=O) groups excluding carboxylic acids is 1. The van der Waals surface area contributed by atoms with Gasteiger partial charge in [-0.3, -0.25) is 4.79 Å². The molecule has 0 N–H and O–H groups in total. The molecule has 3 heteroatoms. The molecule has 52 valence electrons. The minimum Gasteiger partial charge on any atom is -0.371 e. The molecule has 0 aliphatic carbocycles. The number of carbonyl (C=O) groups is 1. The van der Waals surface area contributed by atoms with Crippen molar-refractivity contribution in [2.24, 2.45) is 0 Å². The van der Waals surface area contributed by atoms with Crippen molar-refractivity contribution in [3.8, 4) is 0 Å². The molecule has 0 saturated heterocycles. The first-order chi connectivity index (χ1) is 4.18. The van der Waals surface area contributed by atoms with Gasteiger partial charge in [0.2, 0.25) is 5.91 Å². The summed E-state index contributed by atoms with van der Waals surface area (Å²) >= 11 is 0. The molecule has 0 aromatic rings. The average molecular weight is 129 g/mol. The first-order valence-electron chi connectivity index (χ1n) is 2.66. The number of likely N-dealkylation sites (N-methyl/N-ethyl adjacent to an activating group) is 1. The lowest BCUT2D eigenvalue weighted by molar-refractivity contribution is -0.133. The lowest BCUT2D eigenvalue weighted by Gasteiger charge is -2.08. The number of hydrogen-bond donors (Lipinski definition) is 0. The summed E-state index contributed by atoms with van der Waals surface area (Å²) in [5.41, 5.74) is 0. The van der Waals surface area contributed by atoms with Gasteiger partial charge in [0.25, 0.3) is 0 Å². The Balaban J connectivity index is 3.28. The van der Waals surface area contributed by atoms with Crippen molar-refractivity contribution in [3.63, 3.8) is 0 Å². The Labute approximate surface area is 55.6 Å². The van der Waals surface area contributed by atoms with Crippen molar-refractivity contribution in [2.45, 2.75) is 0 Å². The summed E-state index contributed by atoms with van der Waals surface area (Å²) in [6, 6.07) is 0. The highest BCUT2D eigenvalue weighted by molar-refractivity contribution is 5.76. The van der Waals surface area contributed by atoms with Crippen LogP contribution in [-0.4, -0.2) is 38.1 Å². The Bertz CT molecular complexity index is 91.1. The van der Waals surface area contributed by atoms with Crippen molar-refractivity contribution in [3.05, 3.63) is 6.92 Å². The fourth-order valence-corrected chi connectivity index (χ4v) is 0.275. The van der Waals surface area contributed by atoms with Crippen LogP contribution in [0.4, 0.5) is 0 Å². The normalized spacial score (nSPS) is 9.22.